The van der Waals surface area contributed by atoms with Crippen molar-refractivity contribution in [2.24, 2.45) is 5.92 Å². The predicted molar refractivity (Wildman–Crippen MR) is 67.2 cm³/mol. The summed E-state index contributed by atoms with van der Waals surface area (Å²) < 4.78 is 0. The molecule has 2 heteroatoms. The summed E-state index contributed by atoms with van der Waals surface area (Å²) in [5.41, 5.74) is 0. The molecule has 1 saturated heterocycles. The van der Waals surface area contributed by atoms with Gasteiger partial charge in [0.15, 0.2) is 0 Å². The molecule has 2 nitrogen and oxygen atoms in total. The second kappa shape index (κ2) is 7.24. The van der Waals surface area contributed by atoms with Crippen molar-refractivity contribution in [3.05, 3.63) is 0 Å². The van der Waals surface area contributed by atoms with Gasteiger partial charge in [-0.05, 0) is 58.8 Å². The molecule has 0 aromatic rings. The number of unbranched alkanes of at least 4 members (excludes halogenated alkanes) is 2. The topological polar surface area (TPSA) is 15.3 Å². The lowest BCUT2D eigenvalue weighted by Gasteiger charge is -2.33. The minimum absolute atomic E-state index is 0.718. The van der Waals surface area contributed by atoms with Gasteiger partial charge in [0.2, 0.25) is 0 Å². The van der Waals surface area contributed by atoms with Crippen LogP contribution >= 0.6 is 0 Å². The monoisotopic (exact) mass is 212 g/mol. The van der Waals surface area contributed by atoms with E-state index in [1.54, 1.807) is 0 Å². The highest BCUT2D eigenvalue weighted by Crippen LogP contribution is 2.19. The summed E-state index contributed by atoms with van der Waals surface area (Å²) in [4.78, 5) is 2.44. The second-order valence-electron chi connectivity index (χ2n) is 5.09. The predicted octanol–water partition coefficient (Wildman–Crippen LogP) is 2.50. The Morgan fingerprint density at radius 2 is 1.93 bits per heavy atom. The lowest BCUT2D eigenvalue weighted by atomic mass is 9.90. The number of nitrogens with zero attached hydrogens (tertiary/aromatic N) is 1. The Labute approximate surface area is 95.4 Å². The Bertz CT molecular complexity index is 151. The first-order valence-electron chi connectivity index (χ1n) is 6.66. The van der Waals surface area contributed by atoms with Crippen molar-refractivity contribution >= 4 is 0 Å². The van der Waals surface area contributed by atoms with Crippen molar-refractivity contribution in [1.82, 2.24) is 10.2 Å². The van der Waals surface area contributed by atoms with Crippen LogP contribution in [0.4, 0.5) is 0 Å². The third-order valence-electron chi connectivity index (χ3n) is 3.72. The molecule has 1 atom stereocenters. The van der Waals surface area contributed by atoms with E-state index >= 15 is 0 Å². The van der Waals surface area contributed by atoms with Crippen molar-refractivity contribution in [3.8, 4) is 0 Å². The highest BCUT2D eigenvalue weighted by Gasteiger charge is 2.21. The van der Waals surface area contributed by atoms with Crippen LogP contribution in [0.2, 0.25) is 0 Å². The van der Waals surface area contributed by atoms with Crippen LogP contribution in [0.5, 0.6) is 0 Å². The van der Waals surface area contributed by atoms with Gasteiger partial charge >= 0.3 is 0 Å². The van der Waals surface area contributed by atoms with Crippen LogP contribution in [0.15, 0.2) is 0 Å². The molecule has 1 heterocycles. The van der Waals surface area contributed by atoms with Gasteiger partial charge in [0.1, 0.15) is 0 Å². The normalized spacial score (nSPS) is 21.8. The highest BCUT2D eigenvalue weighted by atomic mass is 15.1. The van der Waals surface area contributed by atoms with Crippen LogP contribution in [0.3, 0.4) is 0 Å². The minimum Gasteiger partial charge on any atom is -0.314 e. The summed E-state index contributed by atoms with van der Waals surface area (Å²) in [6.07, 6.45) is 6.78. The number of hydrogen-bond acceptors (Lipinski definition) is 2. The molecule has 0 aromatic carbocycles. The molecule has 90 valence electrons. The molecule has 1 fully saturated rings. The van der Waals surface area contributed by atoms with Crippen LogP contribution in [-0.2, 0) is 0 Å². The lowest BCUT2D eigenvalue weighted by molar-refractivity contribution is 0.190. The van der Waals surface area contributed by atoms with Gasteiger partial charge in [-0.2, -0.15) is 0 Å². The van der Waals surface area contributed by atoms with Crippen LogP contribution in [0, 0.1) is 5.92 Å². The fourth-order valence-corrected chi connectivity index (χ4v) is 2.40. The third-order valence-corrected chi connectivity index (χ3v) is 3.72. The van der Waals surface area contributed by atoms with Gasteiger partial charge < -0.3 is 10.2 Å². The molecular formula is C13H28N2. The smallest absolute Gasteiger partial charge is 0.00679 e. The van der Waals surface area contributed by atoms with Gasteiger partial charge in [-0.3, -0.25) is 0 Å². The van der Waals surface area contributed by atoms with E-state index in [2.05, 4.69) is 31.1 Å². The standard InChI is InChI=1S/C13H28N2/c1-4-5-6-9-14-12(2)13-7-10-15(3)11-8-13/h12-14H,4-11H2,1-3H3. The zero-order valence-corrected chi connectivity index (χ0v) is 10.8. The van der Waals surface area contributed by atoms with E-state index in [1.807, 2.05) is 0 Å². The van der Waals surface area contributed by atoms with Crippen molar-refractivity contribution in [2.45, 2.75) is 52.0 Å². The van der Waals surface area contributed by atoms with Gasteiger partial charge in [-0.1, -0.05) is 19.8 Å². The number of rotatable bonds is 6. The molecule has 1 aliphatic rings. The largest absolute Gasteiger partial charge is 0.314 e. The van der Waals surface area contributed by atoms with Crippen molar-refractivity contribution in [3.63, 3.8) is 0 Å². The van der Waals surface area contributed by atoms with Crippen LogP contribution in [-0.4, -0.2) is 37.6 Å². The first-order valence-corrected chi connectivity index (χ1v) is 6.66. The number of nitrogens with one attached hydrogen (secondary N) is 1. The molecule has 0 aromatic heterocycles. The SMILES string of the molecule is CCCCCNC(C)C1CCN(C)CC1. The van der Waals surface area contributed by atoms with Crippen molar-refractivity contribution < 1.29 is 0 Å². The average Bonchev–Trinajstić information content (AvgIpc) is 2.25. The van der Waals surface area contributed by atoms with E-state index < -0.39 is 0 Å². The fraction of sp³-hybridized carbons (Fsp3) is 1.00. The zero-order valence-electron chi connectivity index (χ0n) is 10.8. The number of piperidine rings is 1. The van der Waals surface area contributed by atoms with Gasteiger partial charge in [0.05, 0.1) is 0 Å². The minimum atomic E-state index is 0.718. The Balaban J connectivity index is 2.08. The third kappa shape index (κ3) is 4.98. The van der Waals surface area contributed by atoms with E-state index in [0.29, 0.717) is 0 Å². The summed E-state index contributed by atoms with van der Waals surface area (Å²) in [5.74, 6) is 0.905. The molecular weight excluding hydrogens is 184 g/mol. The molecule has 0 saturated carbocycles. The van der Waals surface area contributed by atoms with E-state index in [0.717, 1.165) is 12.0 Å². The van der Waals surface area contributed by atoms with Gasteiger partial charge in [0, 0.05) is 6.04 Å². The Hall–Kier alpha value is -0.0800. The molecule has 0 spiro atoms. The first-order chi connectivity index (χ1) is 7.24. The van der Waals surface area contributed by atoms with E-state index in [4.69, 9.17) is 0 Å². The number of hydrogen-bond donors (Lipinski definition) is 1. The van der Waals surface area contributed by atoms with E-state index in [9.17, 15) is 0 Å². The van der Waals surface area contributed by atoms with Crippen LogP contribution < -0.4 is 5.32 Å². The molecule has 0 bridgehead atoms. The zero-order chi connectivity index (χ0) is 11.1. The van der Waals surface area contributed by atoms with E-state index in [-0.39, 0.29) is 0 Å². The fourth-order valence-electron chi connectivity index (χ4n) is 2.40. The molecule has 0 radical (unpaired) electrons. The Kier molecular flexibility index (Phi) is 6.26. The maximum absolute atomic E-state index is 3.68. The molecule has 0 aliphatic carbocycles. The van der Waals surface area contributed by atoms with Crippen LogP contribution in [0.1, 0.15) is 46.0 Å². The average molecular weight is 212 g/mol. The molecule has 1 N–H and O–H groups in total. The molecule has 1 rings (SSSR count). The summed E-state index contributed by atoms with van der Waals surface area (Å²) in [6.45, 7) is 8.40. The summed E-state index contributed by atoms with van der Waals surface area (Å²) in [5, 5.41) is 3.68. The van der Waals surface area contributed by atoms with Crippen LogP contribution in [0.25, 0.3) is 0 Å². The Morgan fingerprint density at radius 1 is 1.27 bits per heavy atom. The van der Waals surface area contributed by atoms with E-state index in [1.165, 1.54) is 51.7 Å². The van der Waals surface area contributed by atoms with Gasteiger partial charge in [-0.15, -0.1) is 0 Å². The highest BCUT2D eigenvalue weighted by molar-refractivity contribution is 4.78. The molecule has 1 aliphatic heterocycles. The quantitative estimate of drug-likeness (QED) is 0.681. The maximum Gasteiger partial charge on any atom is 0.00679 e. The van der Waals surface area contributed by atoms with Crippen molar-refractivity contribution in [2.75, 3.05) is 26.7 Å². The molecule has 0 amide bonds. The first kappa shape index (κ1) is 13.0. The lowest BCUT2D eigenvalue weighted by Crippen LogP contribution is -2.40. The van der Waals surface area contributed by atoms with Gasteiger partial charge in [0.25, 0.3) is 0 Å². The summed E-state index contributed by atoms with van der Waals surface area (Å²) in [7, 11) is 2.23. The molecule has 1 unspecified atom stereocenters. The Morgan fingerprint density at radius 3 is 2.53 bits per heavy atom. The van der Waals surface area contributed by atoms with Crippen molar-refractivity contribution in [1.29, 1.82) is 0 Å². The summed E-state index contributed by atoms with van der Waals surface area (Å²) >= 11 is 0. The second-order valence-corrected chi connectivity index (χ2v) is 5.09. The molecule has 15 heavy (non-hydrogen) atoms. The summed E-state index contributed by atoms with van der Waals surface area (Å²) in [6, 6.07) is 0.718. The number of likely N-dealkylation sites (tertiary alicyclic amines) is 1. The maximum atomic E-state index is 3.68. The van der Waals surface area contributed by atoms with Gasteiger partial charge in [-0.25, -0.2) is 0 Å².